The van der Waals surface area contributed by atoms with Crippen molar-refractivity contribution >= 4 is 17.2 Å². The highest BCUT2D eigenvalue weighted by Crippen LogP contribution is 2.40. The first-order chi connectivity index (χ1) is 20.6. The molecule has 0 spiro atoms. The van der Waals surface area contributed by atoms with Crippen LogP contribution in [0.5, 0.6) is 17.2 Å². The Morgan fingerprint density at radius 1 is 0.814 bits per heavy atom. The number of aryl methyl sites for hydroxylation is 5. The van der Waals surface area contributed by atoms with Crippen LogP contribution < -0.4 is 14.2 Å². The van der Waals surface area contributed by atoms with Gasteiger partial charge in [0.05, 0.1) is 21.3 Å². The van der Waals surface area contributed by atoms with Gasteiger partial charge in [0.2, 0.25) is 11.7 Å². The molecular weight excluding hydrogens is 556 g/mol. The number of amides is 1. The minimum absolute atomic E-state index is 0.0334. The minimum Gasteiger partial charge on any atom is -0.493 e. The summed E-state index contributed by atoms with van der Waals surface area (Å²) in [7, 11) is 4.91. The quantitative estimate of drug-likeness (QED) is 0.193. The Morgan fingerprint density at radius 3 is 2.14 bits per heavy atom. The van der Waals surface area contributed by atoms with Gasteiger partial charge in [-0.1, -0.05) is 43.7 Å². The standard InChI is InChI=1S/C36H50N2O4S/c1-26-11-12-28(27(2)23-26)9-8-10-30-14-15-31(43-30)17-18-36(3,4)24-33(39)38-21-19-37(20-22-38)25-29-13-16-32(40-5)35(42-7)34(29)41-6/h11-16,23H,8-10,17-22,24-25H2,1-7H3. The Balaban J connectivity index is 1.20. The summed E-state index contributed by atoms with van der Waals surface area (Å²) in [5, 5.41) is 0. The topological polar surface area (TPSA) is 51.2 Å². The summed E-state index contributed by atoms with van der Waals surface area (Å²) < 4.78 is 16.6. The van der Waals surface area contributed by atoms with Crippen LogP contribution in [0.2, 0.25) is 0 Å². The predicted molar refractivity (Wildman–Crippen MR) is 177 cm³/mol. The zero-order chi connectivity index (χ0) is 31.0. The zero-order valence-electron chi connectivity index (χ0n) is 27.3. The largest absolute Gasteiger partial charge is 0.493 e. The number of nitrogens with zero attached hydrogens (tertiary/aromatic N) is 2. The summed E-state index contributed by atoms with van der Waals surface area (Å²) in [4.78, 5) is 20.6. The van der Waals surface area contributed by atoms with Crippen molar-refractivity contribution in [3.05, 3.63) is 74.5 Å². The average Bonchev–Trinajstić information content (AvgIpc) is 3.45. The second-order valence-electron chi connectivity index (χ2n) is 12.6. The first-order valence-electron chi connectivity index (χ1n) is 15.5. The lowest BCUT2D eigenvalue weighted by Gasteiger charge is -2.36. The molecule has 2 heterocycles. The maximum Gasteiger partial charge on any atom is 0.223 e. The van der Waals surface area contributed by atoms with E-state index in [2.05, 4.69) is 62.9 Å². The number of rotatable bonds is 14. The highest BCUT2D eigenvalue weighted by atomic mass is 32.1. The molecule has 3 aromatic rings. The van der Waals surface area contributed by atoms with Gasteiger partial charge in [-0.3, -0.25) is 9.69 Å². The van der Waals surface area contributed by atoms with Gasteiger partial charge in [0.25, 0.3) is 0 Å². The summed E-state index contributed by atoms with van der Waals surface area (Å²) in [6, 6.07) is 15.3. The van der Waals surface area contributed by atoms with E-state index in [4.69, 9.17) is 14.2 Å². The van der Waals surface area contributed by atoms with Crippen molar-refractivity contribution in [1.29, 1.82) is 0 Å². The van der Waals surface area contributed by atoms with Crippen LogP contribution in [-0.4, -0.2) is 63.2 Å². The van der Waals surface area contributed by atoms with Crippen LogP contribution in [0.4, 0.5) is 0 Å². The van der Waals surface area contributed by atoms with E-state index < -0.39 is 0 Å². The lowest BCUT2D eigenvalue weighted by molar-refractivity contribution is -0.135. The molecule has 1 fully saturated rings. The molecule has 1 saturated heterocycles. The Kier molecular flexibility index (Phi) is 11.6. The van der Waals surface area contributed by atoms with Crippen molar-refractivity contribution in [1.82, 2.24) is 9.80 Å². The second-order valence-corrected chi connectivity index (χ2v) is 13.9. The maximum absolute atomic E-state index is 13.3. The molecule has 43 heavy (non-hydrogen) atoms. The first-order valence-corrected chi connectivity index (χ1v) is 16.4. The van der Waals surface area contributed by atoms with E-state index in [0.717, 1.165) is 64.0 Å². The summed E-state index contributed by atoms with van der Waals surface area (Å²) in [6.07, 6.45) is 6.07. The van der Waals surface area contributed by atoms with E-state index in [-0.39, 0.29) is 11.3 Å². The van der Waals surface area contributed by atoms with Crippen molar-refractivity contribution < 1.29 is 19.0 Å². The monoisotopic (exact) mass is 606 g/mol. The molecule has 0 radical (unpaired) electrons. The lowest BCUT2D eigenvalue weighted by Crippen LogP contribution is -2.49. The second kappa shape index (κ2) is 15.1. The number of piperazine rings is 1. The predicted octanol–water partition coefficient (Wildman–Crippen LogP) is 7.26. The number of methoxy groups -OCH3 is 3. The molecule has 0 unspecified atom stereocenters. The molecule has 0 bridgehead atoms. The molecular formula is C36H50N2O4S. The normalized spacial score (nSPS) is 14.2. The molecule has 0 aliphatic carbocycles. The summed E-state index contributed by atoms with van der Waals surface area (Å²) in [6.45, 7) is 12.8. The summed E-state index contributed by atoms with van der Waals surface area (Å²) in [5.74, 6) is 2.25. The number of benzene rings is 2. The fourth-order valence-corrected chi connectivity index (χ4v) is 7.09. The Hall–Kier alpha value is -3.03. The summed E-state index contributed by atoms with van der Waals surface area (Å²) in [5.41, 5.74) is 5.22. The van der Waals surface area contributed by atoms with E-state index >= 15 is 0 Å². The Labute approximate surface area is 263 Å². The van der Waals surface area contributed by atoms with Gasteiger partial charge < -0.3 is 19.1 Å². The van der Waals surface area contributed by atoms with Gasteiger partial charge in [0.15, 0.2) is 11.5 Å². The third kappa shape index (κ3) is 8.99. The molecule has 0 N–H and O–H groups in total. The highest BCUT2D eigenvalue weighted by Gasteiger charge is 2.28. The van der Waals surface area contributed by atoms with E-state index in [0.29, 0.717) is 23.7 Å². The van der Waals surface area contributed by atoms with Crippen LogP contribution in [0.3, 0.4) is 0 Å². The molecule has 6 nitrogen and oxygen atoms in total. The summed E-state index contributed by atoms with van der Waals surface area (Å²) >= 11 is 1.95. The van der Waals surface area contributed by atoms with Gasteiger partial charge >= 0.3 is 0 Å². The van der Waals surface area contributed by atoms with Gasteiger partial charge in [-0.25, -0.2) is 0 Å². The van der Waals surface area contributed by atoms with Crippen molar-refractivity contribution in [3.8, 4) is 17.2 Å². The first kappa shape index (κ1) is 32.9. The molecule has 1 amide bonds. The van der Waals surface area contributed by atoms with E-state index in [9.17, 15) is 4.79 Å². The molecule has 1 aromatic heterocycles. The van der Waals surface area contributed by atoms with Crippen LogP contribution in [0, 0.1) is 19.3 Å². The smallest absolute Gasteiger partial charge is 0.223 e. The van der Waals surface area contributed by atoms with Crippen LogP contribution in [0.25, 0.3) is 0 Å². The molecule has 7 heteroatoms. The van der Waals surface area contributed by atoms with Crippen molar-refractivity contribution in [2.24, 2.45) is 5.41 Å². The van der Waals surface area contributed by atoms with E-state index in [1.54, 1.807) is 21.3 Å². The fraction of sp³-hybridized carbons (Fsp3) is 0.528. The lowest BCUT2D eigenvalue weighted by atomic mass is 9.83. The SMILES string of the molecule is COc1ccc(CN2CCN(C(=O)CC(C)(C)CCc3ccc(CCCc4ccc(C)cc4C)s3)CC2)c(OC)c1OC. The number of thiophene rings is 1. The van der Waals surface area contributed by atoms with Gasteiger partial charge in [-0.15, -0.1) is 11.3 Å². The zero-order valence-corrected chi connectivity index (χ0v) is 28.1. The third-order valence-corrected chi connectivity index (χ3v) is 9.87. The van der Waals surface area contributed by atoms with Crippen LogP contribution in [0.1, 0.15) is 65.1 Å². The number of carbonyl (C=O) groups excluding carboxylic acids is 1. The van der Waals surface area contributed by atoms with Crippen LogP contribution >= 0.6 is 11.3 Å². The Bertz CT molecular complexity index is 1360. The van der Waals surface area contributed by atoms with Crippen molar-refractivity contribution in [2.45, 2.75) is 72.8 Å². The molecule has 1 aliphatic rings. The van der Waals surface area contributed by atoms with Crippen molar-refractivity contribution in [2.75, 3.05) is 47.5 Å². The van der Waals surface area contributed by atoms with Crippen LogP contribution in [-0.2, 0) is 30.6 Å². The van der Waals surface area contributed by atoms with Gasteiger partial charge in [0.1, 0.15) is 0 Å². The minimum atomic E-state index is -0.0334. The number of hydrogen-bond donors (Lipinski definition) is 0. The molecule has 234 valence electrons. The van der Waals surface area contributed by atoms with E-state index in [1.165, 1.54) is 32.9 Å². The van der Waals surface area contributed by atoms with Gasteiger partial charge in [-0.2, -0.15) is 0 Å². The fourth-order valence-electron chi connectivity index (χ4n) is 6.03. The molecule has 2 aromatic carbocycles. The molecule has 4 rings (SSSR count). The molecule has 1 aliphatic heterocycles. The van der Waals surface area contributed by atoms with Crippen LogP contribution in [0.15, 0.2) is 42.5 Å². The van der Waals surface area contributed by atoms with Gasteiger partial charge in [-0.05, 0) is 80.7 Å². The number of carbonyl (C=O) groups is 1. The van der Waals surface area contributed by atoms with Crippen molar-refractivity contribution in [3.63, 3.8) is 0 Å². The van der Waals surface area contributed by atoms with Gasteiger partial charge in [0, 0.05) is 54.5 Å². The average molecular weight is 607 g/mol. The maximum atomic E-state index is 13.3. The highest BCUT2D eigenvalue weighted by molar-refractivity contribution is 7.11. The number of hydrogen-bond acceptors (Lipinski definition) is 6. The molecule has 0 saturated carbocycles. The third-order valence-electron chi connectivity index (χ3n) is 8.67. The molecule has 0 atom stereocenters. The van der Waals surface area contributed by atoms with E-state index in [1.807, 2.05) is 28.4 Å². The number of ether oxygens (including phenoxy) is 3. The Morgan fingerprint density at radius 2 is 1.49 bits per heavy atom.